The fraction of sp³-hybridized carbons (Fsp3) is 0.120. The SMILES string of the molecule is Cc1cc(N)nc(COc2ccc(-c3cc4c(s3)c(=O)ncn4Cc3ccc(Cl)cc3)cc2)n1. The van der Waals surface area contributed by atoms with Crippen molar-refractivity contribution < 1.29 is 4.74 Å². The van der Waals surface area contributed by atoms with Gasteiger partial charge in [-0.3, -0.25) is 4.79 Å². The average molecular weight is 490 g/mol. The predicted octanol–water partition coefficient (Wildman–Crippen LogP) is 5.09. The number of benzene rings is 2. The quantitative estimate of drug-likeness (QED) is 0.357. The van der Waals surface area contributed by atoms with Crippen LogP contribution in [-0.4, -0.2) is 19.5 Å². The largest absolute Gasteiger partial charge is 0.486 e. The van der Waals surface area contributed by atoms with E-state index in [-0.39, 0.29) is 12.2 Å². The maximum absolute atomic E-state index is 12.4. The molecule has 170 valence electrons. The first kappa shape index (κ1) is 22.1. The zero-order valence-corrected chi connectivity index (χ0v) is 19.8. The van der Waals surface area contributed by atoms with Crippen molar-refractivity contribution in [1.82, 2.24) is 19.5 Å². The Labute approximate surface area is 204 Å². The summed E-state index contributed by atoms with van der Waals surface area (Å²) in [5.41, 5.74) is 9.26. The molecule has 0 unspecified atom stereocenters. The number of nitrogens with zero attached hydrogens (tertiary/aromatic N) is 4. The van der Waals surface area contributed by atoms with E-state index in [4.69, 9.17) is 22.1 Å². The number of hydrogen-bond acceptors (Lipinski definition) is 7. The number of hydrogen-bond donors (Lipinski definition) is 1. The van der Waals surface area contributed by atoms with Gasteiger partial charge in [0.15, 0.2) is 5.82 Å². The summed E-state index contributed by atoms with van der Waals surface area (Å²) in [5.74, 6) is 1.65. The Bertz CT molecular complexity index is 1510. The summed E-state index contributed by atoms with van der Waals surface area (Å²) in [7, 11) is 0. The van der Waals surface area contributed by atoms with Crippen LogP contribution in [0.4, 0.5) is 5.82 Å². The van der Waals surface area contributed by atoms with E-state index in [1.54, 1.807) is 12.4 Å². The summed E-state index contributed by atoms with van der Waals surface area (Å²) < 4.78 is 8.42. The lowest BCUT2D eigenvalue weighted by Crippen LogP contribution is -2.11. The van der Waals surface area contributed by atoms with E-state index in [1.807, 2.05) is 66.1 Å². The molecule has 5 rings (SSSR count). The lowest BCUT2D eigenvalue weighted by Gasteiger charge is -2.08. The van der Waals surface area contributed by atoms with Crippen molar-refractivity contribution in [2.45, 2.75) is 20.1 Å². The molecule has 7 nitrogen and oxygen atoms in total. The Balaban J connectivity index is 1.38. The minimum absolute atomic E-state index is 0.226. The Morgan fingerprint density at radius 1 is 1.06 bits per heavy atom. The molecule has 0 bridgehead atoms. The van der Waals surface area contributed by atoms with E-state index in [2.05, 4.69) is 15.0 Å². The average Bonchev–Trinajstić information content (AvgIpc) is 3.27. The van der Waals surface area contributed by atoms with Crippen molar-refractivity contribution in [1.29, 1.82) is 0 Å². The standard InChI is InChI=1S/C25H20ClN5O2S/c1-15-10-22(27)30-23(29-15)13-33-19-8-4-17(5-9-19)21-11-20-24(34-21)25(32)28-14-31(20)12-16-2-6-18(26)7-3-16/h2-11,14H,12-13H2,1H3,(H2,27,29,30). The fourth-order valence-corrected chi connectivity index (χ4v) is 4.82. The topological polar surface area (TPSA) is 95.9 Å². The van der Waals surface area contributed by atoms with Gasteiger partial charge in [-0.05, 0) is 60.5 Å². The second kappa shape index (κ2) is 9.24. The number of anilines is 1. The molecule has 0 aliphatic rings. The zero-order valence-electron chi connectivity index (χ0n) is 18.2. The van der Waals surface area contributed by atoms with Gasteiger partial charge in [0.05, 0.1) is 11.8 Å². The number of aromatic nitrogens is 4. The summed E-state index contributed by atoms with van der Waals surface area (Å²) in [6.45, 7) is 2.68. The highest BCUT2D eigenvalue weighted by Crippen LogP contribution is 2.33. The summed E-state index contributed by atoms with van der Waals surface area (Å²) in [4.78, 5) is 26.0. The molecule has 0 spiro atoms. The maximum Gasteiger partial charge on any atom is 0.290 e. The Morgan fingerprint density at radius 3 is 2.56 bits per heavy atom. The Hall–Kier alpha value is -3.75. The van der Waals surface area contributed by atoms with Crippen LogP contribution in [0.2, 0.25) is 5.02 Å². The third-order valence-corrected chi connectivity index (χ3v) is 6.64. The molecule has 2 N–H and O–H groups in total. The van der Waals surface area contributed by atoms with E-state index in [1.165, 1.54) is 11.3 Å². The van der Waals surface area contributed by atoms with Gasteiger partial charge in [-0.2, -0.15) is 4.98 Å². The van der Waals surface area contributed by atoms with Crippen LogP contribution in [-0.2, 0) is 13.2 Å². The number of fused-ring (bicyclic) bond motifs is 1. The smallest absolute Gasteiger partial charge is 0.290 e. The summed E-state index contributed by atoms with van der Waals surface area (Å²) >= 11 is 7.43. The third kappa shape index (κ3) is 4.78. The van der Waals surface area contributed by atoms with Gasteiger partial charge in [0.1, 0.15) is 22.9 Å². The van der Waals surface area contributed by atoms with Crippen molar-refractivity contribution in [3.63, 3.8) is 0 Å². The zero-order chi connectivity index (χ0) is 23.7. The first-order valence-electron chi connectivity index (χ1n) is 10.5. The van der Waals surface area contributed by atoms with E-state index in [0.717, 1.165) is 27.2 Å². The van der Waals surface area contributed by atoms with E-state index >= 15 is 0 Å². The molecule has 0 amide bonds. The highest BCUT2D eigenvalue weighted by Gasteiger charge is 2.12. The molecular formula is C25H20ClN5O2S. The van der Waals surface area contributed by atoms with Gasteiger partial charge < -0.3 is 15.0 Å². The van der Waals surface area contributed by atoms with Crippen LogP contribution in [0.15, 0.2) is 71.8 Å². The summed E-state index contributed by atoms with van der Waals surface area (Å²) in [6.07, 6.45) is 1.59. The van der Waals surface area contributed by atoms with Crippen molar-refractivity contribution in [2.24, 2.45) is 0 Å². The fourth-order valence-electron chi connectivity index (χ4n) is 3.63. The van der Waals surface area contributed by atoms with Gasteiger partial charge in [0.2, 0.25) is 0 Å². The molecule has 0 fully saturated rings. The lowest BCUT2D eigenvalue weighted by atomic mass is 10.2. The summed E-state index contributed by atoms with van der Waals surface area (Å²) in [6, 6.07) is 19.1. The number of nitrogen functional groups attached to an aromatic ring is 1. The van der Waals surface area contributed by atoms with Crippen LogP contribution in [0.1, 0.15) is 17.1 Å². The first-order chi connectivity index (χ1) is 16.4. The number of rotatable bonds is 6. The molecule has 3 heterocycles. The molecule has 0 aliphatic heterocycles. The third-order valence-electron chi connectivity index (χ3n) is 5.22. The van der Waals surface area contributed by atoms with E-state index in [0.29, 0.717) is 33.7 Å². The second-order valence-corrected chi connectivity index (χ2v) is 9.28. The molecule has 5 aromatic rings. The van der Waals surface area contributed by atoms with Crippen LogP contribution in [0.25, 0.3) is 20.7 Å². The van der Waals surface area contributed by atoms with Crippen molar-refractivity contribution in [3.05, 3.63) is 99.4 Å². The molecule has 3 aromatic heterocycles. The Morgan fingerprint density at radius 2 is 1.82 bits per heavy atom. The molecule has 0 radical (unpaired) electrons. The van der Waals surface area contributed by atoms with E-state index in [9.17, 15) is 4.79 Å². The van der Waals surface area contributed by atoms with Crippen LogP contribution in [0, 0.1) is 6.92 Å². The number of halogens is 1. The van der Waals surface area contributed by atoms with Gasteiger partial charge >= 0.3 is 0 Å². The van der Waals surface area contributed by atoms with Crippen LogP contribution < -0.4 is 16.0 Å². The molecular weight excluding hydrogens is 470 g/mol. The Kier molecular flexibility index (Phi) is 6.00. The highest BCUT2D eigenvalue weighted by molar-refractivity contribution is 7.22. The number of nitrogens with two attached hydrogens (primary N) is 1. The van der Waals surface area contributed by atoms with E-state index < -0.39 is 0 Å². The molecule has 9 heteroatoms. The molecule has 0 aliphatic carbocycles. The van der Waals surface area contributed by atoms with Gasteiger partial charge in [0.25, 0.3) is 5.56 Å². The normalized spacial score (nSPS) is 11.1. The molecule has 2 aromatic carbocycles. The first-order valence-corrected chi connectivity index (χ1v) is 11.7. The molecule has 0 saturated heterocycles. The van der Waals surface area contributed by atoms with Crippen molar-refractivity contribution >= 4 is 39.0 Å². The number of ether oxygens (including phenoxy) is 1. The van der Waals surface area contributed by atoms with Gasteiger partial charge in [-0.1, -0.05) is 23.7 Å². The second-order valence-electron chi connectivity index (χ2n) is 7.79. The van der Waals surface area contributed by atoms with Gasteiger partial charge in [0, 0.05) is 28.2 Å². The minimum Gasteiger partial charge on any atom is -0.486 e. The predicted molar refractivity (Wildman–Crippen MR) is 135 cm³/mol. The maximum atomic E-state index is 12.4. The molecule has 0 atom stereocenters. The lowest BCUT2D eigenvalue weighted by molar-refractivity contribution is 0.296. The van der Waals surface area contributed by atoms with Crippen LogP contribution in [0.3, 0.4) is 0 Å². The van der Waals surface area contributed by atoms with Gasteiger partial charge in [-0.25, -0.2) is 9.97 Å². The van der Waals surface area contributed by atoms with Crippen LogP contribution >= 0.6 is 22.9 Å². The highest BCUT2D eigenvalue weighted by atomic mass is 35.5. The molecule has 34 heavy (non-hydrogen) atoms. The number of aryl methyl sites for hydroxylation is 1. The minimum atomic E-state index is -0.226. The summed E-state index contributed by atoms with van der Waals surface area (Å²) in [5, 5.41) is 0.688. The molecule has 0 saturated carbocycles. The van der Waals surface area contributed by atoms with Crippen molar-refractivity contribution in [3.8, 4) is 16.2 Å². The van der Waals surface area contributed by atoms with Crippen molar-refractivity contribution in [2.75, 3.05) is 5.73 Å². The van der Waals surface area contributed by atoms with Gasteiger partial charge in [-0.15, -0.1) is 11.3 Å². The van der Waals surface area contributed by atoms with Crippen LogP contribution in [0.5, 0.6) is 5.75 Å². The number of thiophene rings is 1. The monoisotopic (exact) mass is 489 g/mol.